The standard InChI is InChI=1S/C28H57N/c1-5-8-10-12-19-28(20-13-11-9-6-2)25-29-23-21-27(22-24-29)18-15-14-17-26(4)16-7-3/h26-28H,5-25H2,1-4H3. The molecule has 0 saturated carbocycles. The predicted molar refractivity (Wildman–Crippen MR) is 133 cm³/mol. The number of nitrogens with zero attached hydrogens (tertiary/aromatic N) is 1. The van der Waals surface area contributed by atoms with E-state index in [4.69, 9.17) is 0 Å². The molecular formula is C28H57N. The van der Waals surface area contributed by atoms with Crippen molar-refractivity contribution in [3.63, 3.8) is 0 Å². The van der Waals surface area contributed by atoms with Crippen molar-refractivity contribution in [3.05, 3.63) is 0 Å². The molecule has 174 valence electrons. The summed E-state index contributed by atoms with van der Waals surface area (Å²) in [6.07, 6.45) is 26.1. The first-order chi connectivity index (χ1) is 14.2. The highest BCUT2D eigenvalue weighted by molar-refractivity contribution is 4.75. The van der Waals surface area contributed by atoms with E-state index in [0.717, 1.165) is 17.8 Å². The summed E-state index contributed by atoms with van der Waals surface area (Å²) in [4.78, 5) is 2.84. The largest absolute Gasteiger partial charge is 0.303 e. The van der Waals surface area contributed by atoms with Gasteiger partial charge in [-0.05, 0) is 56.5 Å². The number of rotatable bonds is 19. The van der Waals surface area contributed by atoms with Crippen molar-refractivity contribution in [2.24, 2.45) is 17.8 Å². The van der Waals surface area contributed by atoms with Crippen LogP contribution >= 0.6 is 0 Å². The van der Waals surface area contributed by atoms with Gasteiger partial charge in [-0.15, -0.1) is 0 Å². The fourth-order valence-corrected chi connectivity index (χ4v) is 5.43. The minimum absolute atomic E-state index is 0.952. The summed E-state index contributed by atoms with van der Waals surface area (Å²) in [5.74, 6) is 2.95. The molecule has 0 radical (unpaired) electrons. The molecule has 0 bridgehead atoms. The third kappa shape index (κ3) is 14.6. The van der Waals surface area contributed by atoms with E-state index in [1.807, 2.05) is 0 Å². The minimum atomic E-state index is 0.952. The number of hydrogen-bond donors (Lipinski definition) is 0. The van der Waals surface area contributed by atoms with Gasteiger partial charge in [0.1, 0.15) is 0 Å². The molecule has 0 spiro atoms. The molecule has 0 N–H and O–H groups in total. The van der Waals surface area contributed by atoms with Crippen LogP contribution in [0.1, 0.15) is 143 Å². The summed E-state index contributed by atoms with van der Waals surface area (Å²) < 4.78 is 0. The van der Waals surface area contributed by atoms with Gasteiger partial charge in [-0.1, -0.05) is 118 Å². The monoisotopic (exact) mass is 407 g/mol. The van der Waals surface area contributed by atoms with Crippen LogP contribution in [0.15, 0.2) is 0 Å². The second kappa shape index (κ2) is 18.7. The molecule has 1 heterocycles. The lowest BCUT2D eigenvalue weighted by molar-refractivity contribution is 0.146. The van der Waals surface area contributed by atoms with Crippen molar-refractivity contribution in [1.29, 1.82) is 0 Å². The summed E-state index contributed by atoms with van der Waals surface area (Å²) >= 11 is 0. The van der Waals surface area contributed by atoms with Crippen molar-refractivity contribution in [2.75, 3.05) is 19.6 Å². The predicted octanol–water partition coefficient (Wildman–Crippen LogP) is 9.25. The Hall–Kier alpha value is -0.0400. The van der Waals surface area contributed by atoms with Gasteiger partial charge >= 0.3 is 0 Å². The number of piperidine rings is 1. The first-order valence-electron chi connectivity index (χ1n) is 13.9. The van der Waals surface area contributed by atoms with Crippen LogP contribution in [-0.2, 0) is 0 Å². The molecule has 0 aliphatic carbocycles. The average Bonchev–Trinajstić information content (AvgIpc) is 2.73. The fourth-order valence-electron chi connectivity index (χ4n) is 5.43. The molecule has 1 nitrogen and oxygen atoms in total. The van der Waals surface area contributed by atoms with Crippen LogP contribution < -0.4 is 0 Å². The second-order valence-corrected chi connectivity index (χ2v) is 10.5. The fraction of sp³-hybridized carbons (Fsp3) is 1.00. The first-order valence-corrected chi connectivity index (χ1v) is 13.9. The van der Waals surface area contributed by atoms with Gasteiger partial charge in [-0.2, -0.15) is 0 Å². The lowest BCUT2D eigenvalue weighted by Gasteiger charge is -2.34. The molecule has 1 heteroatoms. The number of hydrogen-bond acceptors (Lipinski definition) is 1. The number of likely N-dealkylation sites (tertiary alicyclic amines) is 1. The van der Waals surface area contributed by atoms with Gasteiger partial charge in [-0.3, -0.25) is 0 Å². The smallest absolute Gasteiger partial charge is 0.000966 e. The summed E-state index contributed by atoms with van der Waals surface area (Å²) in [6.45, 7) is 13.6. The highest BCUT2D eigenvalue weighted by Gasteiger charge is 2.21. The van der Waals surface area contributed by atoms with Crippen molar-refractivity contribution in [3.8, 4) is 0 Å². The summed E-state index contributed by atoms with van der Waals surface area (Å²) in [5, 5.41) is 0. The van der Waals surface area contributed by atoms with Crippen molar-refractivity contribution >= 4 is 0 Å². The average molecular weight is 408 g/mol. The molecule has 0 aromatic heterocycles. The van der Waals surface area contributed by atoms with Gasteiger partial charge < -0.3 is 4.90 Å². The Morgan fingerprint density at radius 3 is 1.79 bits per heavy atom. The molecule has 0 aromatic rings. The zero-order valence-electron chi connectivity index (χ0n) is 21.0. The Labute approximate surface area is 185 Å². The zero-order chi connectivity index (χ0) is 21.2. The second-order valence-electron chi connectivity index (χ2n) is 10.5. The summed E-state index contributed by atoms with van der Waals surface area (Å²) in [5.41, 5.74) is 0. The van der Waals surface area contributed by atoms with Crippen molar-refractivity contribution < 1.29 is 0 Å². The molecule has 0 aromatic carbocycles. The minimum Gasteiger partial charge on any atom is -0.303 e. The van der Waals surface area contributed by atoms with E-state index in [1.54, 1.807) is 0 Å². The SMILES string of the molecule is CCCCCCC(CCCCCC)CN1CCC(CCCCC(C)CCC)CC1. The lowest BCUT2D eigenvalue weighted by atomic mass is 9.88. The molecule has 1 aliphatic heterocycles. The lowest BCUT2D eigenvalue weighted by Crippen LogP contribution is -2.37. The van der Waals surface area contributed by atoms with Crippen LogP contribution in [0.5, 0.6) is 0 Å². The van der Waals surface area contributed by atoms with E-state index >= 15 is 0 Å². The molecule has 1 atom stereocenters. The third-order valence-corrected chi connectivity index (χ3v) is 7.50. The van der Waals surface area contributed by atoms with Gasteiger partial charge in [0.05, 0.1) is 0 Å². The Kier molecular flexibility index (Phi) is 17.4. The normalized spacial score (nSPS) is 17.3. The maximum absolute atomic E-state index is 2.84. The van der Waals surface area contributed by atoms with Crippen LogP contribution in [0.25, 0.3) is 0 Å². The van der Waals surface area contributed by atoms with E-state index < -0.39 is 0 Å². The Morgan fingerprint density at radius 2 is 1.24 bits per heavy atom. The molecule has 1 aliphatic rings. The van der Waals surface area contributed by atoms with Crippen LogP contribution in [0, 0.1) is 17.8 Å². The molecule has 1 fully saturated rings. The van der Waals surface area contributed by atoms with Gasteiger partial charge in [0, 0.05) is 6.54 Å². The Bertz CT molecular complexity index is 319. The first kappa shape index (κ1) is 27.0. The van der Waals surface area contributed by atoms with Gasteiger partial charge in [0.2, 0.25) is 0 Å². The van der Waals surface area contributed by atoms with E-state index in [1.165, 1.54) is 135 Å². The number of unbranched alkanes of at least 4 members (excludes halogenated alkanes) is 7. The molecule has 1 unspecified atom stereocenters. The topological polar surface area (TPSA) is 3.24 Å². The van der Waals surface area contributed by atoms with E-state index in [2.05, 4.69) is 32.6 Å². The maximum Gasteiger partial charge on any atom is 0.000966 e. The van der Waals surface area contributed by atoms with Crippen molar-refractivity contribution in [2.45, 2.75) is 143 Å². The molecular weight excluding hydrogens is 350 g/mol. The van der Waals surface area contributed by atoms with Crippen LogP contribution in [-0.4, -0.2) is 24.5 Å². The Balaban J connectivity index is 2.20. The molecule has 1 saturated heterocycles. The highest BCUT2D eigenvalue weighted by Crippen LogP contribution is 2.26. The van der Waals surface area contributed by atoms with E-state index in [9.17, 15) is 0 Å². The summed E-state index contributed by atoms with van der Waals surface area (Å²) in [7, 11) is 0. The van der Waals surface area contributed by atoms with Crippen LogP contribution in [0.3, 0.4) is 0 Å². The van der Waals surface area contributed by atoms with Crippen LogP contribution in [0.2, 0.25) is 0 Å². The van der Waals surface area contributed by atoms with E-state index in [0.29, 0.717) is 0 Å². The highest BCUT2D eigenvalue weighted by atomic mass is 15.1. The molecule has 0 amide bonds. The van der Waals surface area contributed by atoms with Crippen molar-refractivity contribution in [1.82, 2.24) is 4.90 Å². The van der Waals surface area contributed by atoms with E-state index in [-0.39, 0.29) is 0 Å². The molecule has 29 heavy (non-hydrogen) atoms. The molecule has 1 rings (SSSR count). The maximum atomic E-state index is 2.84. The Morgan fingerprint density at radius 1 is 0.655 bits per heavy atom. The van der Waals surface area contributed by atoms with Gasteiger partial charge in [0.25, 0.3) is 0 Å². The van der Waals surface area contributed by atoms with Crippen LogP contribution in [0.4, 0.5) is 0 Å². The van der Waals surface area contributed by atoms with Gasteiger partial charge in [-0.25, -0.2) is 0 Å². The summed E-state index contributed by atoms with van der Waals surface area (Å²) in [6, 6.07) is 0. The third-order valence-electron chi connectivity index (χ3n) is 7.50. The van der Waals surface area contributed by atoms with Gasteiger partial charge in [0.15, 0.2) is 0 Å². The zero-order valence-corrected chi connectivity index (χ0v) is 21.0. The quantitative estimate of drug-likeness (QED) is 0.193.